The van der Waals surface area contributed by atoms with Crippen LogP contribution >= 0.6 is 11.6 Å². The zero-order valence-corrected chi connectivity index (χ0v) is 11.5. The number of carbonyl (C=O) groups is 1. The molecule has 1 unspecified atom stereocenters. The molecule has 1 amide bonds. The highest BCUT2D eigenvalue weighted by Crippen LogP contribution is 2.11. The van der Waals surface area contributed by atoms with Crippen molar-refractivity contribution in [2.75, 3.05) is 12.4 Å². The monoisotopic (exact) mass is 247 g/mol. The smallest absolute Gasteiger partial charge is 0.220 e. The van der Waals surface area contributed by atoms with E-state index in [1.54, 1.807) is 0 Å². The van der Waals surface area contributed by atoms with E-state index in [0.29, 0.717) is 18.2 Å². The summed E-state index contributed by atoms with van der Waals surface area (Å²) in [5.41, 5.74) is 0. The summed E-state index contributed by atoms with van der Waals surface area (Å²) in [6.45, 7) is 5.12. The maximum absolute atomic E-state index is 11.5. The van der Waals surface area contributed by atoms with Crippen LogP contribution in [0.3, 0.4) is 0 Å². The third kappa shape index (κ3) is 9.02. The summed E-state index contributed by atoms with van der Waals surface area (Å²) >= 11 is 5.74. The number of rotatable bonds is 10. The average Bonchev–Trinajstić information content (AvgIpc) is 2.27. The van der Waals surface area contributed by atoms with E-state index in [2.05, 4.69) is 19.2 Å². The molecule has 0 aromatic rings. The molecule has 0 heterocycles. The molecule has 0 aliphatic rings. The molecule has 1 atom stereocenters. The van der Waals surface area contributed by atoms with Gasteiger partial charge in [0.1, 0.15) is 0 Å². The maximum atomic E-state index is 11.5. The Hall–Kier alpha value is -0.240. The fraction of sp³-hybridized carbons (Fsp3) is 0.923. The van der Waals surface area contributed by atoms with Gasteiger partial charge in [0, 0.05) is 18.8 Å². The molecule has 2 nitrogen and oxygen atoms in total. The van der Waals surface area contributed by atoms with E-state index in [0.717, 1.165) is 45.1 Å². The molecule has 0 bridgehead atoms. The van der Waals surface area contributed by atoms with Crippen molar-refractivity contribution < 1.29 is 4.79 Å². The first-order valence-corrected chi connectivity index (χ1v) is 7.10. The van der Waals surface area contributed by atoms with Crippen molar-refractivity contribution in [3.05, 3.63) is 0 Å². The SMILES string of the molecule is CCCCCC(=O)NCC(CCC)CCCl. The summed E-state index contributed by atoms with van der Waals surface area (Å²) in [5.74, 6) is 1.44. The number of hydrogen-bond acceptors (Lipinski definition) is 1. The van der Waals surface area contributed by atoms with Gasteiger partial charge in [0.25, 0.3) is 0 Å². The first-order chi connectivity index (χ1) is 7.74. The summed E-state index contributed by atoms with van der Waals surface area (Å²) in [6.07, 6.45) is 7.31. The van der Waals surface area contributed by atoms with Gasteiger partial charge < -0.3 is 5.32 Å². The van der Waals surface area contributed by atoms with Gasteiger partial charge in [-0.1, -0.05) is 33.1 Å². The number of alkyl halides is 1. The van der Waals surface area contributed by atoms with E-state index in [1.165, 1.54) is 0 Å². The first kappa shape index (κ1) is 15.8. The highest BCUT2D eigenvalue weighted by Gasteiger charge is 2.08. The van der Waals surface area contributed by atoms with Gasteiger partial charge >= 0.3 is 0 Å². The lowest BCUT2D eigenvalue weighted by Gasteiger charge is -2.15. The maximum Gasteiger partial charge on any atom is 0.220 e. The van der Waals surface area contributed by atoms with Gasteiger partial charge in [-0.15, -0.1) is 11.6 Å². The van der Waals surface area contributed by atoms with Crippen LogP contribution in [-0.2, 0) is 4.79 Å². The zero-order chi connectivity index (χ0) is 12.2. The lowest BCUT2D eigenvalue weighted by molar-refractivity contribution is -0.121. The third-order valence-electron chi connectivity index (χ3n) is 2.81. The number of amides is 1. The molecular weight excluding hydrogens is 222 g/mol. The second-order valence-electron chi connectivity index (χ2n) is 4.39. The summed E-state index contributed by atoms with van der Waals surface area (Å²) in [5, 5.41) is 3.01. The lowest BCUT2D eigenvalue weighted by Crippen LogP contribution is -2.29. The minimum Gasteiger partial charge on any atom is -0.356 e. The van der Waals surface area contributed by atoms with Crippen molar-refractivity contribution in [3.8, 4) is 0 Å². The Morgan fingerprint density at radius 3 is 2.50 bits per heavy atom. The summed E-state index contributed by atoms with van der Waals surface area (Å²) in [7, 11) is 0. The molecular formula is C13H26ClNO. The predicted octanol–water partition coefficient (Wildman–Crippen LogP) is 3.73. The molecule has 0 spiro atoms. The van der Waals surface area contributed by atoms with Crippen LogP contribution in [0.4, 0.5) is 0 Å². The van der Waals surface area contributed by atoms with Crippen LogP contribution in [0.25, 0.3) is 0 Å². The molecule has 0 fully saturated rings. The van der Waals surface area contributed by atoms with Gasteiger partial charge in [-0.2, -0.15) is 0 Å². The standard InChI is InChI=1S/C13H26ClNO/c1-3-5-6-8-13(16)15-11-12(7-4-2)9-10-14/h12H,3-11H2,1-2H3,(H,15,16). The van der Waals surface area contributed by atoms with E-state index in [1.807, 2.05) is 0 Å². The molecule has 0 saturated carbocycles. The van der Waals surface area contributed by atoms with Crippen LogP contribution in [0.15, 0.2) is 0 Å². The largest absolute Gasteiger partial charge is 0.356 e. The summed E-state index contributed by atoms with van der Waals surface area (Å²) in [4.78, 5) is 11.5. The van der Waals surface area contributed by atoms with Crippen LogP contribution in [0.5, 0.6) is 0 Å². The van der Waals surface area contributed by atoms with Crippen LogP contribution in [-0.4, -0.2) is 18.3 Å². The van der Waals surface area contributed by atoms with E-state index in [4.69, 9.17) is 11.6 Å². The Morgan fingerprint density at radius 2 is 1.94 bits per heavy atom. The number of unbranched alkanes of at least 4 members (excludes halogenated alkanes) is 2. The minimum atomic E-state index is 0.198. The van der Waals surface area contributed by atoms with E-state index in [-0.39, 0.29) is 5.91 Å². The van der Waals surface area contributed by atoms with Crippen LogP contribution < -0.4 is 5.32 Å². The van der Waals surface area contributed by atoms with Crippen molar-refractivity contribution >= 4 is 17.5 Å². The highest BCUT2D eigenvalue weighted by atomic mass is 35.5. The van der Waals surface area contributed by atoms with Crippen LogP contribution in [0, 0.1) is 5.92 Å². The van der Waals surface area contributed by atoms with Crippen molar-refractivity contribution in [1.29, 1.82) is 0 Å². The molecule has 0 aromatic carbocycles. The summed E-state index contributed by atoms with van der Waals surface area (Å²) in [6, 6.07) is 0. The summed E-state index contributed by atoms with van der Waals surface area (Å²) < 4.78 is 0. The van der Waals surface area contributed by atoms with Gasteiger partial charge in [0.05, 0.1) is 0 Å². The Balaban J connectivity index is 3.60. The molecule has 0 rings (SSSR count). The second-order valence-corrected chi connectivity index (χ2v) is 4.77. The molecule has 0 saturated heterocycles. The molecule has 0 radical (unpaired) electrons. The van der Waals surface area contributed by atoms with Gasteiger partial charge in [-0.05, 0) is 25.2 Å². The fourth-order valence-electron chi connectivity index (χ4n) is 1.79. The average molecular weight is 248 g/mol. The number of carbonyl (C=O) groups excluding carboxylic acids is 1. The normalized spacial score (nSPS) is 12.4. The van der Waals surface area contributed by atoms with E-state index >= 15 is 0 Å². The number of hydrogen-bond donors (Lipinski definition) is 1. The van der Waals surface area contributed by atoms with Crippen LogP contribution in [0.2, 0.25) is 0 Å². The topological polar surface area (TPSA) is 29.1 Å². The molecule has 0 aromatic heterocycles. The third-order valence-corrected chi connectivity index (χ3v) is 3.03. The second kappa shape index (κ2) is 11.3. The predicted molar refractivity (Wildman–Crippen MR) is 70.9 cm³/mol. The molecule has 1 N–H and O–H groups in total. The molecule has 3 heteroatoms. The van der Waals surface area contributed by atoms with Gasteiger partial charge in [0.15, 0.2) is 0 Å². The van der Waals surface area contributed by atoms with Crippen LogP contribution in [0.1, 0.15) is 58.8 Å². The Morgan fingerprint density at radius 1 is 1.19 bits per heavy atom. The Bertz CT molecular complexity index is 167. The molecule has 0 aliphatic carbocycles. The first-order valence-electron chi connectivity index (χ1n) is 6.57. The quantitative estimate of drug-likeness (QED) is 0.463. The van der Waals surface area contributed by atoms with Crippen molar-refractivity contribution in [3.63, 3.8) is 0 Å². The Labute approximate surface area is 105 Å². The van der Waals surface area contributed by atoms with Crippen molar-refractivity contribution in [2.24, 2.45) is 5.92 Å². The van der Waals surface area contributed by atoms with Crippen molar-refractivity contribution in [2.45, 2.75) is 58.8 Å². The zero-order valence-electron chi connectivity index (χ0n) is 10.7. The molecule has 0 aliphatic heterocycles. The highest BCUT2D eigenvalue weighted by molar-refractivity contribution is 6.17. The Kier molecular flexibility index (Phi) is 11.1. The van der Waals surface area contributed by atoms with E-state index in [9.17, 15) is 4.79 Å². The van der Waals surface area contributed by atoms with Gasteiger partial charge in [0.2, 0.25) is 5.91 Å². The van der Waals surface area contributed by atoms with Gasteiger partial charge in [-0.25, -0.2) is 0 Å². The molecule has 96 valence electrons. The number of halogens is 1. The minimum absolute atomic E-state index is 0.198. The fourth-order valence-corrected chi connectivity index (χ4v) is 2.10. The van der Waals surface area contributed by atoms with Crippen molar-refractivity contribution in [1.82, 2.24) is 5.32 Å². The molecule has 16 heavy (non-hydrogen) atoms. The lowest BCUT2D eigenvalue weighted by atomic mass is 10.0. The van der Waals surface area contributed by atoms with Gasteiger partial charge in [-0.3, -0.25) is 4.79 Å². The number of nitrogens with one attached hydrogen (secondary N) is 1. The van der Waals surface area contributed by atoms with E-state index < -0.39 is 0 Å².